The van der Waals surface area contributed by atoms with Gasteiger partial charge in [-0.2, -0.15) is 5.10 Å². The zero-order valence-electron chi connectivity index (χ0n) is 11.3. The molecule has 0 amide bonds. The van der Waals surface area contributed by atoms with Gasteiger partial charge in [0.1, 0.15) is 0 Å². The number of rotatable bonds is 2. The summed E-state index contributed by atoms with van der Waals surface area (Å²) in [5, 5.41) is 4.35. The van der Waals surface area contributed by atoms with Crippen molar-refractivity contribution < 1.29 is 14.2 Å². The molecule has 1 aromatic heterocycles. The van der Waals surface area contributed by atoms with Crippen molar-refractivity contribution >= 4 is 0 Å². The number of aromatic nitrogens is 2. The summed E-state index contributed by atoms with van der Waals surface area (Å²) < 4.78 is 19.1. The Bertz CT molecular complexity index is 433. The summed E-state index contributed by atoms with van der Waals surface area (Å²) in [6.07, 6.45) is 3.49. The van der Waals surface area contributed by atoms with Crippen LogP contribution in [0.1, 0.15) is 45.6 Å². The summed E-state index contributed by atoms with van der Waals surface area (Å²) >= 11 is 0. The van der Waals surface area contributed by atoms with Crippen molar-refractivity contribution in [3.05, 3.63) is 18.0 Å². The second-order valence-electron chi connectivity index (χ2n) is 6.03. The molecule has 0 spiro atoms. The van der Waals surface area contributed by atoms with Crippen molar-refractivity contribution in [1.29, 1.82) is 0 Å². The molecule has 0 atom stereocenters. The van der Waals surface area contributed by atoms with Crippen molar-refractivity contribution in [3.8, 4) is 0 Å². The monoisotopic (exact) mass is 252 g/mol. The quantitative estimate of drug-likeness (QED) is 0.808. The highest BCUT2D eigenvalue weighted by molar-refractivity contribution is 5.11. The van der Waals surface area contributed by atoms with Gasteiger partial charge in [-0.25, -0.2) is 0 Å². The zero-order chi connectivity index (χ0) is 13.0. The van der Waals surface area contributed by atoms with Crippen molar-refractivity contribution in [2.24, 2.45) is 0 Å². The number of hydrogen-bond donors (Lipinski definition) is 0. The highest BCUT2D eigenvalue weighted by atomic mass is 16.7. The van der Waals surface area contributed by atoms with Gasteiger partial charge in [0, 0.05) is 11.8 Å². The molecular weight excluding hydrogens is 232 g/mol. The molecule has 2 saturated heterocycles. The third-order valence-corrected chi connectivity index (χ3v) is 4.14. The van der Waals surface area contributed by atoms with Gasteiger partial charge in [0.05, 0.1) is 36.7 Å². The summed E-state index contributed by atoms with van der Waals surface area (Å²) in [6.45, 7) is 9.69. The van der Waals surface area contributed by atoms with Crippen LogP contribution in [0.2, 0.25) is 0 Å². The van der Waals surface area contributed by atoms with E-state index < -0.39 is 0 Å². The van der Waals surface area contributed by atoms with E-state index in [9.17, 15) is 0 Å². The van der Waals surface area contributed by atoms with Crippen molar-refractivity contribution in [1.82, 2.24) is 9.78 Å². The fourth-order valence-electron chi connectivity index (χ4n) is 2.03. The fourth-order valence-corrected chi connectivity index (χ4v) is 2.03. The molecule has 0 radical (unpaired) electrons. The van der Waals surface area contributed by atoms with E-state index in [-0.39, 0.29) is 17.5 Å². The SMILES string of the molecule is CC1(C)OC(c2cnn(C3COC3)c2)OC1(C)C. The average molecular weight is 252 g/mol. The van der Waals surface area contributed by atoms with Gasteiger partial charge >= 0.3 is 0 Å². The topological polar surface area (TPSA) is 45.5 Å². The lowest BCUT2D eigenvalue weighted by molar-refractivity contribution is -0.0898. The van der Waals surface area contributed by atoms with E-state index in [0.29, 0.717) is 6.04 Å². The van der Waals surface area contributed by atoms with Crippen molar-refractivity contribution in [2.45, 2.75) is 51.2 Å². The minimum Gasteiger partial charge on any atom is -0.377 e. The Labute approximate surface area is 107 Å². The highest BCUT2D eigenvalue weighted by Crippen LogP contribution is 2.44. The molecule has 5 nitrogen and oxygen atoms in total. The molecule has 5 heteroatoms. The Morgan fingerprint density at radius 2 is 1.78 bits per heavy atom. The van der Waals surface area contributed by atoms with Crippen LogP contribution in [0.25, 0.3) is 0 Å². The number of nitrogens with zero attached hydrogens (tertiary/aromatic N) is 2. The van der Waals surface area contributed by atoms with Crippen LogP contribution in [0.5, 0.6) is 0 Å². The molecule has 1 aromatic rings. The van der Waals surface area contributed by atoms with Gasteiger partial charge in [0.25, 0.3) is 0 Å². The number of ether oxygens (including phenoxy) is 3. The first kappa shape index (κ1) is 12.1. The molecule has 0 aliphatic carbocycles. The summed E-state index contributed by atoms with van der Waals surface area (Å²) in [7, 11) is 0. The third-order valence-electron chi connectivity index (χ3n) is 4.14. The predicted molar refractivity (Wildman–Crippen MR) is 65.2 cm³/mol. The molecule has 100 valence electrons. The van der Waals surface area contributed by atoms with E-state index in [1.54, 1.807) is 0 Å². The summed E-state index contributed by atoms with van der Waals surface area (Å²) in [5.74, 6) is 0. The Hall–Kier alpha value is -0.910. The van der Waals surface area contributed by atoms with Gasteiger partial charge in [-0.05, 0) is 27.7 Å². The molecule has 0 saturated carbocycles. The highest BCUT2D eigenvalue weighted by Gasteiger charge is 2.49. The van der Waals surface area contributed by atoms with Crippen LogP contribution >= 0.6 is 0 Å². The minimum atomic E-state index is -0.329. The molecule has 2 aliphatic rings. The van der Waals surface area contributed by atoms with Gasteiger partial charge in [0.15, 0.2) is 6.29 Å². The molecule has 0 aromatic carbocycles. The third kappa shape index (κ3) is 1.77. The van der Waals surface area contributed by atoms with Crippen LogP contribution < -0.4 is 0 Å². The second-order valence-corrected chi connectivity index (χ2v) is 6.03. The zero-order valence-corrected chi connectivity index (χ0v) is 11.3. The fraction of sp³-hybridized carbons (Fsp3) is 0.769. The van der Waals surface area contributed by atoms with Gasteiger partial charge in [-0.3, -0.25) is 4.68 Å². The first-order chi connectivity index (χ1) is 8.39. The van der Waals surface area contributed by atoms with Gasteiger partial charge in [-0.1, -0.05) is 0 Å². The van der Waals surface area contributed by atoms with Gasteiger partial charge in [0.2, 0.25) is 0 Å². The molecule has 3 rings (SSSR count). The maximum absolute atomic E-state index is 5.99. The second kappa shape index (κ2) is 3.79. The lowest BCUT2D eigenvalue weighted by Gasteiger charge is -2.30. The molecule has 3 heterocycles. The molecule has 0 unspecified atom stereocenters. The van der Waals surface area contributed by atoms with Gasteiger partial charge in [-0.15, -0.1) is 0 Å². The standard InChI is InChI=1S/C13H20N2O3/c1-12(2)13(3,4)18-11(17-12)9-5-14-15(6-9)10-7-16-8-10/h5-6,10-11H,7-8H2,1-4H3. The lowest BCUT2D eigenvalue weighted by Crippen LogP contribution is -2.41. The van der Waals surface area contributed by atoms with Crippen LogP contribution in [-0.4, -0.2) is 34.2 Å². The molecule has 0 bridgehead atoms. The van der Waals surface area contributed by atoms with E-state index in [4.69, 9.17) is 14.2 Å². The van der Waals surface area contributed by atoms with Crippen LogP contribution in [-0.2, 0) is 14.2 Å². The van der Waals surface area contributed by atoms with Crippen LogP contribution in [0.3, 0.4) is 0 Å². The smallest absolute Gasteiger partial charge is 0.188 e. The first-order valence-electron chi connectivity index (χ1n) is 6.36. The number of hydrogen-bond acceptors (Lipinski definition) is 4. The summed E-state index contributed by atoms with van der Waals surface area (Å²) in [6, 6.07) is 0.362. The van der Waals surface area contributed by atoms with E-state index >= 15 is 0 Å². The molecular formula is C13H20N2O3. The van der Waals surface area contributed by atoms with Crippen molar-refractivity contribution in [2.75, 3.05) is 13.2 Å². The largest absolute Gasteiger partial charge is 0.377 e. The predicted octanol–water partition coefficient (Wildman–Crippen LogP) is 2.06. The summed E-state index contributed by atoms with van der Waals surface area (Å²) in [5.41, 5.74) is 0.360. The first-order valence-corrected chi connectivity index (χ1v) is 6.36. The van der Waals surface area contributed by atoms with Crippen LogP contribution in [0.15, 0.2) is 12.4 Å². The molecule has 0 N–H and O–H groups in total. The van der Waals surface area contributed by atoms with E-state index in [1.165, 1.54) is 0 Å². The van der Waals surface area contributed by atoms with E-state index in [1.807, 2.05) is 17.1 Å². The average Bonchev–Trinajstić information content (AvgIpc) is 2.68. The maximum Gasteiger partial charge on any atom is 0.188 e. The van der Waals surface area contributed by atoms with E-state index in [0.717, 1.165) is 18.8 Å². The Morgan fingerprint density at radius 3 is 2.28 bits per heavy atom. The van der Waals surface area contributed by atoms with Crippen molar-refractivity contribution in [3.63, 3.8) is 0 Å². The van der Waals surface area contributed by atoms with E-state index in [2.05, 4.69) is 32.8 Å². The Morgan fingerprint density at radius 1 is 1.17 bits per heavy atom. The maximum atomic E-state index is 5.99. The normalized spacial score (nSPS) is 27.3. The Balaban J connectivity index is 1.78. The van der Waals surface area contributed by atoms with Crippen LogP contribution in [0, 0.1) is 0 Å². The van der Waals surface area contributed by atoms with Gasteiger partial charge < -0.3 is 14.2 Å². The summed E-state index contributed by atoms with van der Waals surface area (Å²) in [4.78, 5) is 0. The van der Waals surface area contributed by atoms with Crippen LogP contribution in [0.4, 0.5) is 0 Å². The lowest BCUT2D eigenvalue weighted by atomic mass is 9.90. The minimum absolute atomic E-state index is 0.306. The molecule has 18 heavy (non-hydrogen) atoms. The molecule has 2 fully saturated rings. The molecule has 2 aliphatic heterocycles. The Kier molecular flexibility index (Phi) is 2.56.